The molecule has 0 aromatic heterocycles. The number of carbonyl (C=O) groups excluding carboxylic acids is 3. The Labute approximate surface area is 337 Å². The fourth-order valence-electron chi connectivity index (χ4n) is 5.59. The van der Waals surface area contributed by atoms with Crippen molar-refractivity contribution in [2.75, 3.05) is 13.2 Å². The van der Waals surface area contributed by atoms with E-state index < -0.39 is 6.10 Å². The Kier molecular flexibility index (Phi) is 40.6. The summed E-state index contributed by atoms with van der Waals surface area (Å²) in [6.45, 7) is 6.26. The van der Waals surface area contributed by atoms with Crippen LogP contribution in [0.5, 0.6) is 0 Å². The Morgan fingerprint density at radius 3 is 1.24 bits per heavy atom. The van der Waals surface area contributed by atoms with Crippen molar-refractivity contribution in [2.45, 2.75) is 194 Å². The van der Waals surface area contributed by atoms with Crippen LogP contribution in [0.1, 0.15) is 188 Å². The lowest BCUT2D eigenvalue weighted by atomic mass is 10.1. The summed E-state index contributed by atoms with van der Waals surface area (Å²) < 4.78 is 16.6. The number of allylic oxidation sites excluding steroid dienone is 14. The summed E-state index contributed by atoms with van der Waals surface area (Å²) in [7, 11) is 0. The molecule has 0 saturated carbocycles. The Balaban J connectivity index is 4.36. The minimum Gasteiger partial charge on any atom is -0.462 e. The molecule has 0 fully saturated rings. The summed E-state index contributed by atoms with van der Waals surface area (Å²) in [4.78, 5) is 37.5. The van der Waals surface area contributed by atoms with Crippen molar-refractivity contribution in [2.24, 2.45) is 0 Å². The predicted octanol–water partition coefficient (Wildman–Crippen LogP) is 14.1. The standard InChI is InChI=1S/C49H80O6/c1-4-7-10-13-16-19-20-21-22-23-24-25-26-27-28-31-33-36-39-42-48(51)54-45-46(55-49(52)43-40-37-34-30-18-15-12-9-6-3)44-53-47(50)41-38-35-32-29-17-14-11-8-5-2/h7,9-10,12,16,18-19,21-22,24-25,29-30,32,46H,4-6,8,11,13-15,17,20,23,26-28,31,33-45H2,1-3H3/b10-7-,12-9-,19-16-,22-21-,25-24-,30-18-,32-29-. The quantitative estimate of drug-likeness (QED) is 0.0270. The largest absolute Gasteiger partial charge is 0.462 e. The Hall–Kier alpha value is -3.41. The number of ether oxygens (including phenoxy) is 3. The van der Waals surface area contributed by atoms with Crippen LogP contribution in [0.25, 0.3) is 0 Å². The Bertz CT molecular complexity index is 1110. The molecular weight excluding hydrogens is 685 g/mol. The average molecular weight is 765 g/mol. The molecule has 0 bridgehead atoms. The van der Waals surface area contributed by atoms with Crippen molar-refractivity contribution < 1.29 is 28.6 Å². The molecule has 6 heteroatoms. The summed E-state index contributed by atoms with van der Waals surface area (Å²) in [5, 5.41) is 0. The van der Waals surface area contributed by atoms with Crippen molar-refractivity contribution >= 4 is 17.9 Å². The van der Waals surface area contributed by atoms with Crippen LogP contribution < -0.4 is 0 Å². The molecule has 0 amide bonds. The van der Waals surface area contributed by atoms with Crippen LogP contribution >= 0.6 is 0 Å². The van der Waals surface area contributed by atoms with E-state index in [1.165, 1.54) is 38.5 Å². The highest BCUT2D eigenvalue weighted by molar-refractivity contribution is 5.71. The number of esters is 3. The van der Waals surface area contributed by atoms with Gasteiger partial charge in [-0.2, -0.15) is 0 Å². The van der Waals surface area contributed by atoms with Crippen LogP contribution in [0, 0.1) is 0 Å². The number of hydrogen-bond donors (Lipinski definition) is 0. The van der Waals surface area contributed by atoms with E-state index in [0.29, 0.717) is 25.7 Å². The third-order valence-electron chi connectivity index (χ3n) is 8.86. The first-order chi connectivity index (χ1) is 27.0. The molecule has 0 aliphatic heterocycles. The van der Waals surface area contributed by atoms with Gasteiger partial charge in [-0.25, -0.2) is 0 Å². The molecule has 0 spiro atoms. The van der Waals surface area contributed by atoms with Crippen LogP contribution in [0.15, 0.2) is 85.1 Å². The van der Waals surface area contributed by atoms with E-state index in [0.717, 1.165) is 96.3 Å². The number of carbonyl (C=O) groups is 3. The summed E-state index contributed by atoms with van der Waals surface area (Å²) >= 11 is 0. The molecule has 0 aromatic rings. The molecule has 0 heterocycles. The minimum atomic E-state index is -0.807. The van der Waals surface area contributed by atoms with E-state index in [9.17, 15) is 14.4 Å². The first-order valence-corrected chi connectivity index (χ1v) is 22.1. The maximum Gasteiger partial charge on any atom is 0.306 e. The fourth-order valence-corrected chi connectivity index (χ4v) is 5.59. The van der Waals surface area contributed by atoms with Gasteiger partial charge in [-0.05, 0) is 103 Å². The molecule has 0 saturated heterocycles. The lowest BCUT2D eigenvalue weighted by Gasteiger charge is -2.18. The van der Waals surface area contributed by atoms with Crippen LogP contribution in [0.4, 0.5) is 0 Å². The summed E-state index contributed by atoms with van der Waals surface area (Å²) in [6.07, 6.45) is 54.5. The number of unbranched alkanes of at least 4 members (excludes halogenated alkanes) is 13. The van der Waals surface area contributed by atoms with E-state index in [1.54, 1.807) is 0 Å². The highest BCUT2D eigenvalue weighted by Crippen LogP contribution is 2.12. The van der Waals surface area contributed by atoms with Crippen molar-refractivity contribution in [3.05, 3.63) is 85.1 Å². The van der Waals surface area contributed by atoms with Gasteiger partial charge in [0.25, 0.3) is 0 Å². The molecule has 0 rings (SSSR count). The van der Waals surface area contributed by atoms with E-state index in [2.05, 4.69) is 106 Å². The van der Waals surface area contributed by atoms with Crippen LogP contribution in [0.2, 0.25) is 0 Å². The zero-order valence-electron chi connectivity index (χ0n) is 35.4. The van der Waals surface area contributed by atoms with E-state index in [1.807, 2.05) is 0 Å². The molecule has 0 aromatic carbocycles. The highest BCUT2D eigenvalue weighted by atomic mass is 16.6. The number of rotatable bonds is 38. The van der Waals surface area contributed by atoms with Crippen LogP contribution in [-0.2, 0) is 28.6 Å². The second-order valence-electron chi connectivity index (χ2n) is 14.2. The first kappa shape index (κ1) is 51.6. The van der Waals surface area contributed by atoms with Crippen molar-refractivity contribution in [1.29, 1.82) is 0 Å². The van der Waals surface area contributed by atoms with Crippen molar-refractivity contribution in [3.8, 4) is 0 Å². The average Bonchev–Trinajstić information content (AvgIpc) is 3.18. The SMILES string of the molecule is CC/C=C\C/C=C\C/C=C\C/C=C\CCCCCCCCC(=O)OCC(COC(=O)CCC/C=C\CCCCCC)OC(=O)CCCC/C=C\C/C=C\CC. The van der Waals surface area contributed by atoms with E-state index in [4.69, 9.17) is 14.2 Å². The highest BCUT2D eigenvalue weighted by Gasteiger charge is 2.19. The molecule has 0 N–H and O–H groups in total. The van der Waals surface area contributed by atoms with Gasteiger partial charge in [-0.1, -0.05) is 151 Å². The lowest BCUT2D eigenvalue weighted by Crippen LogP contribution is -2.30. The molecule has 1 atom stereocenters. The smallest absolute Gasteiger partial charge is 0.306 e. The molecule has 6 nitrogen and oxygen atoms in total. The van der Waals surface area contributed by atoms with E-state index >= 15 is 0 Å². The van der Waals surface area contributed by atoms with Gasteiger partial charge in [0.1, 0.15) is 13.2 Å². The molecule has 312 valence electrons. The van der Waals surface area contributed by atoms with Crippen molar-refractivity contribution in [1.82, 2.24) is 0 Å². The van der Waals surface area contributed by atoms with Gasteiger partial charge in [-0.15, -0.1) is 0 Å². The molecule has 0 aliphatic rings. The fraction of sp³-hybridized carbons (Fsp3) is 0.653. The lowest BCUT2D eigenvalue weighted by molar-refractivity contribution is -0.167. The van der Waals surface area contributed by atoms with Gasteiger partial charge in [0.05, 0.1) is 0 Å². The molecule has 0 aliphatic carbocycles. The van der Waals surface area contributed by atoms with Crippen molar-refractivity contribution in [3.63, 3.8) is 0 Å². The topological polar surface area (TPSA) is 78.9 Å². The van der Waals surface area contributed by atoms with Gasteiger partial charge in [-0.3, -0.25) is 14.4 Å². The zero-order chi connectivity index (χ0) is 40.1. The summed E-state index contributed by atoms with van der Waals surface area (Å²) in [5.41, 5.74) is 0. The monoisotopic (exact) mass is 765 g/mol. The first-order valence-electron chi connectivity index (χ1n) is 22.1. The normalized spacial score (nSPS) is 12.9. The van der Waals surface area contributed by atoms with Gasteiger partial charge in [0, 0.05) is 19.3 Å². The second-order valence-corrected chi connectivity index (χ2v) is 14.2. The molecule has 0 radical (unpaired) electrons. The third-order valence-corrected chi connectivity index (χ3v) is 8.86. The van der Waals surface area contributed by atoms with Crippen LogP contribution in [0.3, 0.4) is 0 Å². The molecule has 1 unspecified atom stereocenters. The minimum absolute atomic E-state index is 0.107. The molecular formula is C49H80O6. The maximum atomic E-state index is 12.6. The summed E-state index contributed by atoms with van der Waals surface area (Å²) in [6, 6.07) is 0. The Morgan fingerprint density at radius 1 is 0.382 bits per heavy atom. The summed E-state index contributed by atoms with van der Waals surface area (Å²) in [5.74, 6) is -1.01. The van der Waals surface area contributed by atoms with Gasteiger partial charge >= 0.3 is 17.9 Å². The zero-order valence-corrected chi connectivity index (χ0v) is 35.4. The van der Waals surface area contributed by atoms with Crippen LogP contribution in [-0.4, -0.2) is 37.2 Å². The third kappa shape index (κ3) is 41.6. The Morgan fingerprint density at radius 2 is 0.727 bits per heavy atom. The molecule has 55 heavy (non-hydrogen) atoms. The second kappa shape index (κ2) is 43.3. The van der Waals surface area contributed by atoms with Gasteiger partial charge < -0.3 is 14.2 Å². The number of hydrogen-bond acceptors (Lipinski definition) is 6. The predicted molar refractivity (Wildman–Crippen MR) is 233 cm³/mol. The van der Waals surface area contributed by atoms with Gasteiger partial charge in [0.2, 0.25) is 0 Å². The van der Waals surface area contributed by atoms with E-state index in [-0.39, 0.29) is 37.5 Å². The van der Waals surface area contributed by atoms with Gasteiger partial charge in [0.15, 0.2) is 6.10 Å². The maximum absolute atomic E-state index is 12.6.